The summed E-state index contributed by atoms with van der Waals surface area (Å²) in [5.74, 6) is -2.63. The zero-order chi connectivity index (χ0) is 29.4. The van der Waals surface area contributed by atoms with Crippen LogP contribution >= 0.6 is 24.8 Å². The quantitative estimate of drug-likeness (QED) is 0.151. The zero-order valence-corrected chi connectivity index (χ0v) is 24.5. The van der Waals surface area contributed by atoms with Crippen LogP contribution < -0.4 is 30.7 Å². The maximum Gasteiger partial charge on any atom is 0.412 e. The summed E-state index contributed by atoms with van der Waals surface area (Å²) in [6.45, 7) is 1.27. The lowest BCUT2D eigenvalue weighted by Crippen LogP contribution is -2.38. The van der Waals surface area contributed by atoms with E-state index in [0.29, 0.717) is 10.8 Å². The third kappa shape index (κ3) is 8.69. The highest BCUT2D eigenvalue weighted by molar-refractivity contribution is 6.12. The summed E-state index contributed by atoms with van der Waals surface area (Å²) in [6.07, 6.45) is -1.58. The van der Waals surface area contributed by atoms with Gasteiger partial charge in [-0.05, 0) is 33.0 Å². The molecule has 0 saturated carbocycles. The molecule has 1 aromatic heterocycles. The maximum absolute atomic E-state index is 12.6. The molecule has 0 bridgehead atoms. The second-order valence-electron chi connectivity index (χ2n) is 8.68. The maximum atomic E-state index is 12.6. The molecule has 3 aromatic rings. The number of ether oxygens (including phenoxy) is 2. The van der Waals surface area contributed by atoms with Crippen molar-refractivity contribution in [3.63, 3.8) is 0 Å². The van der Waals surface area contributed by atoms with Gasteiger partial charge in [0.2, 0.25) is 0 Å². The van der Waals surface area contributed by atoms with Crippen molar-refractivity contribution < 1.29 is 48.1 Å². The van der Waals surface area contributed by atoms with E-state index in [4.69, 9.17) is 24.1 Å². The number of likely N-dealkylation sites (N-methyl/N-ethyl adjacent to an activating group) is 2. The molecular formula is C26H32Cl2N4O10. The Labute approximate surface area is 252 Å². The van der Waals surface area contributed by atoms with Gasteiger partial charge in [-0.15, -0.1) is 24.8 Å². The van der Waals surface area contributed by atoms with Crippen LogP contribution in [0.4, 0.5) is 9.59 Å². The van der Waals surface area contributed by atoms with Gasteiger partial charge in [-0.2, -0.15) is 0 Å². The van der Waals surface area contributed by atoms with Crippen molar-refractivity contribution in [3.8, 4) is 11.5 Å². The third-order valence-electron chi connectivity index (χ3n) is 6.03. The molecule has 2 unspecified atom stereocenters. The van der Waals surface area contributed by atoms with Gasteiger partial charge in [-0.3, -0.25) is 14.4 Å². The SMILES string of the molecule is CNC(CCNC(=O)Oc1c2ccccc2c(OC(=O)NCCC(NC)C(=O)O)c2oc(C(C)=O)cc12)C(=O)O.Cl.Cl. The van der Waals surface area contributed by atoms with E-state index in [9.17, 15) is 24.0 Å². The Morgan fingerprint density at radius 3 is 1.67 bits per heavy atom. The molecular weight excluding hydrogens is 599 g/mol. The van der Waals surface area contributed by atoms with Gasteiger partial charge in [0.25, 0.3) is 0 Å². The minimum absolute atomic E-state index is 0. The number of furan rings is 1. The number of fused-ring (bicyclic) bond motifs is 2. The lowest BCUT2D eigenvalue weighted by atomic mass is 10.1. The minimum atomic E-state index is -1.07. The molecule has 0 aliphatic carbocycles. The monoisotopic (exact) mass is 630 g/mol. The highest BCUT2D eigenvalue weighted by Gasteiger charge is 2.25. The number of ketones is 1. The van der Waals surface area contributed by atoms with Crippen molar-refractivity contribution in [2.45, 2.75) is 31.8 Å². The number of hydrogen-bond acceptors (Lipinski definition) is 10. The molecule has 0 aliphatic rings. The van der Waals surface area contributed by atoms with E-state index in [1.165, 1.54) is 27.1 Å². The molecule has 3 rings (SSSR count). The molecule has 0 aliphatic heterocycles. The van der Waals surface area contributed by atoms with Gasteiger partial charge in [0, 0.05) is 30.8 Å². The summed E-state index contributed by atoms with van der Waals surface area (Å²) >= 11 is 0. The van der Waals surface area contributed by atoms with Gasteiger partial charge in [0.15, 0.2) is 28.6 Å². The van der Waals surface area contributed by atoms with E-state index in [0.717, 1.165) is 0 Å². The van der Waals surface area contributed by atoms with Crippen LogP contribution in [0.15, 0.2) is 34.7 Å². The molecule has 0 fully saturated rings. The van der Waals surface area contributed by atoms with Crippen molar-refractivity contribution in [1.82, 2.24) is 21.3 Å². The summed E-state index contributed by atoms with van der Waals surface area (Å²) < 4.78 is 16.9. The van der Waals surface area contributed by atoms with Crippen LogP contribution in [0.1, 0.15) is 30.3 Å². The summed E-state index contributed by atoms with van der Waals surface area (Å²) in [5.41, 5.74) is -0.0263. The third-order valence-corrected chi connectivity index (χ3v) is 6.03. The predicted molar refractivity (Wildman–Crippen MR) is 156 cm³/mol. The molecule has 1 heterocycles. The molecule has 2 amide bonds. The molecule has 230 valence electrons. The van der Waals surface area contributed by atoms with Gasteiger partial charge in [-0.1, -0.05) is 24.3 Å². The van der Waals surface area contributed by atoms with Crippen LogP contribution in [0.5, 0.6) is 11.5 Å². The van der Waals surface area contributed by atoms with Crippen LogP contribution in [-0.4, -0.2) is 79.4 Å². The number of nitrogens with one attached hydrogen (secondary N) is 4. The highest BCUT2D eigenvalue weighted by atomic mass is 35.5. The average Bonchev–Trinajstić information content (AvgIpc) is 3.36. The summed E-state index contributed by atoms with van der Waals surface area (Å²) in [7, 11) is 2.98. The predicted octanol–water partition coefficient (Wildman–Crippen LogP) is 2.93. The number of halogens is 2. The fraction of sp³-hybridized carbons (Fsp3) is 0.346. The smallest absolute Gasteiger partial charge is 0.412 e. The van der Waals surface area contributed by atoms with Crippen molar-refractivity contribution in [2.75, 3.05) is 27.2 Å². The number of carbonyl (C=O) groups excluding carboxylic acids is 3. The first-order valence-corrected chi connectivity index (χ1v) is 12.3. The number of hydrogen-bond donors (Lipinski definition) is 6. The lowest BCUT2D eigenvalue weighted by molar-refractivity contribution is -0.140. The Morgan fingerprint density at radius 2 is 1.24 bits per heavy atom. The van der Waals surface area contributed by atoms with Crippen molar-refractivity contribution in [3.05, 3.63) is 36.1 Å². The van der Waals surface area contributed by atoms with E-state index in [1.54, 1.807) is 24.3 Å². The van der Waals surface area contributed by atoms with E-state index < -0.39 is 42.0 Å². The zero-order valence-electron chi connectivity index (χ0n) is 22.8. The largest absolute Gasteiger partial charge is 0.480 e. The number of carbonyl (C=O) groups is 5. The Hall–Kier alpha value is -4.11. The molecule has 14 nitrogen and oxygen atoms in total. The highest BCUT2D eigenvalue weighted by Crippen LogP contribution is 2.44. The Balaban J connectivity index is 0.00000441. The van der Waals surface area contributed by atoms with Crippen LogP contribution in [0, 0.1) is 0 Å². The Bertz CT molecular complexity index is 1350. The van der Waals surface area contributed by atoms with Gasteiger partial charge in [0.1, 0.15) is 12.1 Å². The number of rotatable bonds is 13. The first kappa shape index (κ1) is 35.9. The summed E-state index contributed by atoms with van der Waals surface area (Å²) in [4.78, 5) is 59.7. The number of amides is 2. The first-order valence-electron chi connectivity index (χ1n) is 12.3. The number of Topliss-reactive ketones (excluding diaryl/α,β-unsaturated/α-hetero) is 1. The van der Waals surface area contributed by atoms with Gasteiger partial charge >= 0.3 is 24.1 Å². The van der Waals surface area contributed by atoms with E-state index in [1.807, 2.05) is 0 Å². The second kappa shape index (κ2) is 16.4. The average molecular weight is 631 g/mol. The van der Waals surface area contributed by atoms with Crippen LogP contribution in [0.2, 0.25) is 0 Å². The molecule has 42 heavy (non-hydrogen) atoms. The number of carboxylic acid groups (broad SMARTS) is 2. The van der Waals surface area contributed by atoms with E-state index in [-0.39, 0.29) is 79.0 Å². The van der Waals surface area contributed by atoms with Crippen LogP contribution in [0.3, 0.4) is 0 Å². The van der Waals surface area contributed by atoms with Crippen molar-refractivity contribution in [1.29, 1.82) is 0 Å². The number of benzene rings is 2. The minimum Gasteiger partial charge on any atom is -0.480 e. The van der Waals surface area contributed by atoms with Crippen molar-refractivity contribution >= 4 is 76.5 Å². The summed E-state index contributed by atoms with van der Waals surface area (Å²) in [5, 5.41) is 29.4. The number of aliphatic carboxylic acids is 2. The first-order chi connectivity index (χ1) is 19.1. The van der Waals surface area contributed by atoms with Crippen molar-refractivity contribution in [2.24, 2.45) is 0 Å². The fourth-order valence-electron chi connectivity index (χ4n) is 3.94. The van der Waals surface area contributed by atoms with E-state index in [2.05, 4.69) is 21.3 Å². The molecule has 2 atom stereocenters. The molecule has 16 heteroatoms. The normalized spacial score (nSPS) is 11.9. The molecule has 2 aromatic carbocycles. The lowest BCUT2D eigenvalue weighted by Gasteiger charge is -2.15. The second-order valence-corrected chi connectivity index (χ2v) is 8.68. The molecule has 0 saturated heterocycles. The molecule has 0 radical (unpaired) electrons. The fourth-order valence-corrected chi connectivity index (χ4v) is 3.94. The Morgan fingerprint density at radius 1 is 0.786 bits per heavy atom. The summed E-state index contributed by atoms with van der Waals surface area (Å²) in [6, 6.07) is 6.18. The number of carboxylic acids is 2. The standard InChI is InChI=1S/C26H30N4O10.2ClH/c1-13(31)19-12-16-20(39-25(36)29-10-8-17(27-2)23(32)33)14-6-4-5-7-15(14)21(22(16)38-19)40-26(37)30-11-9-18(28-3)24(34)35;;/h4-7,12,17-18,27-28H,8-11H2,1-3H3,(H,29,36)(H,30,37)(H,32,33)(H,34,35);2*1H. The molecule has 0 spiro atoms. The topological polar surface area (TPSA) is 206 Å². The van der Waals surface area contributed by atoms with Gasteiger partial charge in [-0.25, -0.2) is 9.59 Å². The van der Waals surface area contributed by atoms with Gasteiger partial charge < -0.3 is 45.4 Å². The van der Waals surface area contributed by atoms with Crippen LogP contribution in [-0.2, 0) is 9.59 Å². The Kier molecular flexibility index (Phi) is 14.0. The van der Waals surface area contributed by atoms with Crippen LogP contribution in [0.25, 0.3) is 21.7 Å². The van der Waals surface area contributed by atoms with E-state index >= 15 is 0 Å². The van der Waals surface area contributed by atoms with Gasteiger partial charge in [0.05, 0.1) is 5.39 Å². The molecule has 6 N–H and O–H groups in total.